The molecule has 0 aromatic heterocycles. The fourth-order valence-corrected chi connectivity index (χ4v) is 2.07. The Morgan fingerprint density at radius 3 is 2.48 bits per heavy atom. The minimum absolute atomic E-state index is 0.0143. The highest BCUT2D eigenvalue weighted by Gasteiger charge is 2.03. The Morgan fingerprint density at radius 1 is 1.04 bits per heavy atom. The quantitative estimate of drug-likeness (QED) is 0.825. The molecule has 0 radical (unpaired) electrons. The molecule has 0 aliphatic carbocycles. The molecule has 0 spiro atoms. The molecule has 0 saturated heterocycles. The van der Waals surface area contributed by atoms with Crippen molar-refractivity contribution >= 4 is 18.0 Å². The third kappa shape index (κ3) is 5.43. The summed E-state index contributed by atoms with van der Waals surface area (Å²) in [5.41, 5.74) is 2.43. The summed E-state index contributed by atoms with van der Waals surface area (Å²) in [6.45, 7) is 2.11. The molecule has 0 heterocycles. The zero-order chi connectivity index (χ0) is 16.5. The van der Waals surface area contributed by atoms with Gasteiger partial charge in [0.2, 0.25) is 0 Å². The first kappa shape index (κ1) is 16.5. The van der Waals surface area contributed by atoms with Gasteiger partial charge in [0, 0.05) is 12.1 Å². The lowest BCUT2D eigenvalue weighted by atomic mass is 10.0. The fourth-order valence-electron chi connectivity index (χ4n) is 2.07. The monoisotopic (exact) mass is 309 g/mol. The number of carbonyl (C=O) groups is 2. The first-order valence-electron chi connectivity index (χ1n) is 7.38. The Balaban J connectivity index is 1.78. The molecule has 23 heavy (non-hydrogen) atoms. The lowest BCUT2D eigenvalue weighted by Gasteiger charge is -2.05. The van der Waals surface area contributed by atoms with Crippen molar-refractivity contribution in [2.45, 2.75) is 13.5 Å². The molecule has 2 aromatic carbocycles. The van der Waals surface area contributed by atoms with Gasteiger partial charge in [-0.3, -0.25) is 4.79 Å². The Labute approximate surface area is 135 Å². The minimum atomic E-state index is -0.474. The summed E-state index contributed by atoms with van der Waals surface area (Å²) in [5.74, 6) is 0.0143. The lowest BCUT2D eigenvalue weighted by Crippen LogP contribution is -2.24. The highest BCUT2D eigenvalue weighted by molar-refractivity contribution is 5.97. The number of hydrogen-bond donors (Lipinski definition) is 1. The van der Waals surface area contributed by atoms with Gasteiger partial charge < -0.3 is 10.1 Å². The summed E-state index contributed by atoms with van der Waals surface area (Å²) in [4.78, 5) is 23.1. The number of alkyl carbamates (subject to hydrolysis) is 1. The average molecular weight is 309 g/mol. The largest absolute Gasteiger partial charge is 0.445 e. The molecule has 0 saturated carbocycles. The van der Waals surface area contributed by atoms with Crippen molar-refractivity contribution in [3.63, 3.8) is 0 Å². The second-order valence-corrected chi connectivity index (χ2v) is 4.99. The van der Waals surface area contributed by atoms with E-state index in [0.29, 0.717) is 12.1 Å². The van der Waals surface area contributed by atoms with Gasteiger partial charge in [-0.25, -0.2) is 4.79 Å². The molecule has 1 amide bonds. The Kier molecular flexibility index (Phi) is 6.12. The van der Waals surface area contributed by atoms with Gasteiger partial charge in [0.25, 0.3) is 0 Å². The van der Waals surface area contributed by atoms with Crippen LogP contribution < -0.4 is 5.32 Å². The summed E-state index contributed by atoms with van der Waals surface area (Å²) in [6.07, 6.45) is 3.12. The van der Waals surface area contributed by atoms with Crippen molar-refractivity contribution in [1.29, 1.82) is 0 Å². The highest BCUT2D eigenvalue weighted by Crippen LogP contribution is 2.11. The average Bonchev–Trinajstić information content (AvgIpc) is 2.58. The van der Waals surface area contributed by atoms with E-state index in [-0.39, 0.29) is 12.4 Å². The van der Waals surface area contributed by atoms with Gasteiger partial charge in [-0.2, -0.15) is 0 Å². The molecule has 0 unspecified atom stereocenters. The van der Waals surface area contributed by atoms with E-state index < -0.39 is 6.09 Å². The van der Waals surface area contributed by atoms with Crippen molar-refractivity contribution < 1.29 is 14.3 Å². The second kappa shape index (κ2) is 8.54. The zero-order valence-corrected chi connectivity index (χ0v) is 13.0. The molecule has 0 aliphatic rings. The summed E-state index contributed by atoms with van der Waals surface area (Å²) in [5, 5.41) is 2.64. The van der Waals surface area contributed by atoms with Crippen molar-refractivity contribution in [2.24, 2.45) is 0 Å². The van der Waals surface area contributed by atoms with Crippen LogP contribution >= 0.6 is 0 Å². The normalized spacial score (nSPS) is 10.5. The second-order valence-electron chi connectivity index (χ2n) is 4.99. The van der Waals surface area contributed by atoms with E-state index in [2.05, 4.69) is 5.32 Å². The van der Waals surface area contributed by atoms with Crippen molar-refractivity contribution in [2.75, 3.05) is 6.54 Å². The number of rotatable bonds is 6. The van der Waals surface area contributed by atoms with Crippen molar-refractivity contribution in [3.8, 4) is 0 Å². The smallest absolute Gasteiger partial charge is 0.407 e. The number of ketones is 1. The molecule has 0 aliphatic heterocycles. The van der Waals surface area contributed by atoms with Crippen molar-refractivity contribution in [1.82, 2.24) is 5.32 Å². The molecule has 4 heteroatoms. The van der Waals surface area contributed by atoms with Crippen LogP contribution in [0.4, 0.5) is 4.79 Å². The third-order valence-corrected chi connectivity index (χ3v) is 3.21. The van der Waals surface area contributed by atoms with Gasteiger partial charge in [-0.05, 0) is 18.1 Å². The third-order valence-electron chi connectivity index (χ3n) is 3.21. The molecular weight excluding hydrogens is 290 g/mol. The molecule has 0 atom stereocenters. The molecule has 4 nitrogen and oxygen atoms in total. The van der Waals surface area contributed by atoms with Crippen LogP contribution in [0.5, 0.6) is 0 Å². The molecule has 1 N–H and O–H groups in total. The SMILES string of the molecule is CC(=O)c1ccccc1C=CCNC(=O)OCc1ccccc1. The van der Waals surface area contributed by atoms with Crippen LogP contribution in [0.3, 0.4) is 0 Å². The number of carbonyl (C=O) groups excluding carboxylic acids is 2. The van der Waals surface area contributed by atoms with E-state index in [1.165, 1.54) is 6.92 Å². The summed E-state index contributed by atoms with van der Waals surface area (Å²) < 4.78 is 5.10. The highest BCUT2D eigenvalue weighted by atomic mass is 16.5. The van der Waals surface area contributed by atoms with Crippen LogP contribution in [0.15, 0.2) is 60.7 Å². The number of benzene rings is 2. The molecule has 118 valence electrons. The number of ether oxygens (including phenoxy) is 1. The molecule has 2 aromatic rings. The van der Waals surface area contributed by atoms with Crippen LogP contribution in [0, 0.1) is 0 Å². The Bertz CT molecular complexity index is 693. The minimum Gasteiger partial charge on any atom is -0.445 e. The van der Waals surface area contributed by atoms with Gasteiger partial charge in [0.1, 0.15) is 6.61 Å². The number of hydrogen-bond acceptors (Lipinski definition) is 3. The predicted molar refractivity (Wildman–Crippen MR) is 90.1 cm³/mol. The van der Waals surface area contributed by atoms with E-state index in [0.717, 1.165) is 11.1 Å². The van der Waals surface area contributed by atoms with Crippen LogP contribution in [-0.4, -0.2) is 18.4 Å². The van der Waals surface area contributed by atoms with Gasteiger partial charge in [-0.1, -0.05) is 66.7 Å². The first-order valence-corrected chi connectivity index (χ1v) is 7.38. The standard InChI is InChI=1S/C19H19NO3/c1-15(21)18-12-6-5-10-17(18)11-7-13-20-19(22)23-14-16-8-3-2-4-9-16/h2-12H,13-14H2,1H3,(H,20,22). The van der Waals surface area contributed by atoms with Gasteiger partial charge in [0.15, 0.2) is 5.78 Å². The Morgan fingerprint density at radius 2 is 1.74 bits per heavy atom. The van der Waals surface area contributed by atoms with E-state index in [4.69, 9.17) is 4.74 Å². The van der Waals surface area contributed by atoms with Gasteiger partial charge >= 0.3 is 6.09 Å². The summed E-state index contributed by atoms with van der Waals surface area (Å²) in [6, 6.07) is 16.8. The maximum atomic E-state index is 11.6. The maximum absolute atomic E-state index is 11.6. The molecule has 2 rings (SSSR count). The zero-order valence-electron chi connectivity index (χ0n) is 13.0. The van der Waals surface area contributed by atoms with Crippen LogP contribution in [0.1, 0.15) is 28.4 Å². The van der Waals surface area contributed by atoms with Gasteiger partial charge in [-0.15, -0.1) is 0 Å². The Hall–Kier alpha value is -2.88. The van der Waals surface area contributed by atoms with Crippen LogP contribution in [0.25, 0.3) is 6.08 Å². The molecule has 0 fully saturated rings. The van der Waals surface area contributed by atoms with Crippen LogP contribution in [-0.2, 0) is 11.3 Å². The first-order chi connectivity index (χ1) is 11.2. The summed E-state index contributed by atoms with van der Waals surface area (Å²) in [7, 11) is 0. The van der Waals surface area contributed by atoms with E-state index in [9.17, 15) is 9.59 Å². The van der Waals surface area contributed by atoms with E-state index in [1.54, 1.807) is 12.1 Å². The maximum Gasteiger partial charge on any atom is 0.407 e. The van der Waals surface area contributed by atoms with Gasteiger partial charge in [0.05, 0.1) is 0 Å². The fraction of sp³-hybridized carbons (Fsp3) is 0.158. The lowest BCUT2D eigenvalue weighted by molar-refractivity contribution is 0.101. The molecular formula is C19H19NO3. The number of amides is 1. The number of nitrogens with one attached hydrogen (secondary N) is 1. The number of Topliss-reactive ketones (excluding diaryl/α,β-unsaturated/α-hetero) is 1. The topological polar surface area (TPSA) is 55.4 Å². The summed E-state index contributed by atoms with van der Waals surface area (Å²) >= 11 is 0. The van der Waals surface area contributed by atoms with Crippen LogP contribution in [0.2, 0.25) is 0 Å². The molecule has 0 bridgehead atoms. The van der Waals surface area contributed by atoms with E-state index in [1.807, 2.05) is 54.6 Å². The predicted octanol–water partition coefficient (Wildman–Crippen LogP) is 3.83. The van der Waals surface area contributed by atoms with E-state index >= 15 is 0 Å². The van der Waals surface area contributed by atoms with Crippen molar-refractivity contribution in [3.05, 3.63) is 77.4 Å².